The molecular formula is C15H22N2OS2. The van der Waals surface area contributed by atoms with E-state index in [1.807, 2.05) is 6.26 Å². The van der Waals surface area contributed by atoms with E-state index in [9.17, 15) is 4.79 Å². The number of anilines is 2. The van der Waals surface area contributed by atoms with Gasteiger partial charge in [0.25, 0.3) is 0 Å². The summed E-state index contributed by atoms with van der Waals surface area (Å²) in [4.78, 5) is 14.1. The summed E-state index contributed by atoms with van der Waals surface area (Å²) in [6.45, 7) is 3.27. The second kappa shape index (κ2) is 5.26. The van der Waals surface area contributed by atoms with Crippen molar-refractivity contribution in [1.82, 2.24) is 0 Å². The van der Waals surface area contributed by atoms with Gasteiger partial charge in [-0.2, -0.15) is 0 Å². The second-order valence-corrected chi connectivity index (χ2v) is 7.89. The molecule has 1 aromatic rings. The van der Waals surface area contributed by atoms with E-state index >= 15 is 0 Å². The van der Waals surface area contributed by atoms with Crippen LogP contribution in [0.25, 0.3) is 0 Å². The smallest absolute Gasteiger partial charge is 0.178 e. The van der Waals surface area contributed by atoms with Crippen molar-refractivity contribution in [3.05, 3.63) is 4.88 Å². The van der Waals surface area contributed by atoms with Crippen LogP contribution in [0.4, 0.5) is 10.7 Å². The van der Waals surface area contributed by atoms with E-state index in [4.69, 9.17) is 5.73 Å². The van der Waals surface area contributed by atoms with E-state index in [2.05, 4.69) is 12.2 Å². The van der Waals surface area contributed by atoms with Crippen molar-refractivity contribution < 1.29 is 4.79 Å². The molecule has 1 heterocycles. The van der Waals surface area contributed by atoms with Crippen molar-refractivity contribution in [3.63, 3.8) is 0 Å². The van der Waals surface area contributed by atoms with E-state index in [1.54, 1.807) is 23.1 Å². The molecule has 3 rings (SSSR count). The van der Waals surface area contributed by atoms with Gasteiger partial charge in [0.2, 0.25) is 0 Å². The molecule has 0 radical (unpaired) electrons. The number of nitrogens with one attached hydrogen (secondary N) is 1. The van der Waals surface area contributed by atoms with E-state index in [1.165, 1.54) is 19.3 Å². The molecule has 1 aromatic heterocycles. The number of hydrogen-bond acceptors (Lipinski definition) is 5. The van der Waals surface area contributed by atoms with Gasteiger partial charge < -0.3 is 11.1 Å². The molecule has 3 nitrogen and oxygen atoms in total. The number of carbonyl (C=O) groups is 1. The Bertz CT molecular complexity index is 530. The summed E-state index contributed by atoms with van der Waals surface area (Å²) in [5.74, 6) is 0.497. The number of thiophene rings is 1. The normalized spacial score (nSPS) is 19.9. The highest BCUT2D eigenvalue weighted by Gasteiger charge is 2.40. The molecule has 3 N–H and O–H groups in total. The average molecular weight is 310 g/mol. The molecule has 2 saturated carbocycles. The lowest BCUT2D eigenvalue weighted by Crippen LogP contribution is -2.13. The van der Waals surface area contributed by atoms with Crippen molar-refractivity contribution in [3.8, 4) is 0 Å². The molecule has 2 aliphatic carbocycles. The van der Waals surface area contributed by atoms with Crippen molar-refractivity contribution in [2.24, 2.45) is 11.3 Å². The molecule has 0 bridgehead atoms. The van der Waals surface area contributed by atoms with Gasteiger partial charge in [0.15, 0.2) is 5.78 Å². The Morgan fingerprint density at radius 1 is 1.50 bits per heavy atom. The zero-order valence-corrected chi connectivity index (χ0v) is 13.8. The maximum absolute atomic E-state index is 12.3. The van der Waals surface area contributed by atoms with Crippen molar-refractivity contribution in [1.29, 1.82) is 0 Å². The molecule has 2 aliphatic rings. The molecular weight excluding hydrogens is 288 g/mol. The number of hydrogen-bond donors (Lipinski definition) is 2. The van der Waals surface area contributed by atoms with Gasteiger partial charge in [0.05, 0.1) is 15.5 Å². The standard InChI is InChI=1S/C15H22N2OS2/c1-3-15(6-7-15)8-17-14-13(19-2)10(16)12(20-14)11(18)9-4-5-9/h9,17H,3-8,16H2,1-2H3. The zero-order valence-electron chi connectivity index (χ0n) is 12.1. The van der Waals surface area contributed by atoms with Gasteiger partial charge in [-0.1, -0.05) is 6.92 Å². The van der Waals surface area contributed by atoms with E-state index in [0.29, 0.717) is 11.1 Å². The Balaban J connectivity index is 1.78. The lowest BCUT2D eigenvalue weighted by molar-refractivity contribution is 0.0972. The zero-order chi connectivity index (χ0) is 14.3. The molecule has 5 heteroatoms. The summed E-state index contributed by atoms with van der Waals surface area (Å²) in [5.41, 5.74) is 7.39. The molecule has 110 valence electrons. The van der Waals surface area contributed by atoms with E-state index in [0.717, 1.165) is 34.2 Å². The molecule has 0 aliphatic heterocycles. The Labute approximate surface area is 128 Å². The molecule has 0 saturated heterocycles. The van der Waals surface area contributed by atoms with Gasteiger partial charge in [-0.3, -0.25) is 4.79 Å². The molecule has 0 spiro atoms. The highest BCUT2D eigenvalue weighted by molar-refractivity contribution is 7.99. The maximum Gasteiger partial charge on any atom is 0.178 e. The quantitative estimate of drug-likeness (QED) is 0.584. The van der Waals surface area contributed by atoms with Crippen molar-refractivity contribution >= 4 is 39.6 Å². The highest BCUT2D eigenvalue weighted by Crippen LogP contribution is 2.50. The van der Waals surface area contributed by atoms with Crippen molar-refractivity contribution in [2.75, 3.05) is 23.9 Å². The van der Waals surface area contributed by atoms with Crippen LogP contribution < -0.4 is 11.1 Å². The van der Waals surface area contributed by atoms with Crippen LogP contribution in [0, 0.1) is 11.3 Å². The predicted molar refractivity (Wildman–Crippen MR) is 88.0 cm³/mol. The molecule has 0 amide bonds. The van der Waals surface area contributed by atoms with Gasteiger partial charge >= 0.3 is 0 Å². The van der Waals surface area contributed by atoms with E-state index in [-0.39, 0.29) is 11.7 Å². The minimum absolute atomic E-state index is 0.240. The summed E-state index contributed by atoms with van der Waals surface area (Å²) in [7, 11) is 0. The van der Waals surface area contributed by atoms with Gasteiger partial charge in [-0.25, -0.2) is 0 Å². The SMILES string of the molecule is CCC1(CNc2sc(C(=O)C3CC3)c(N)c2SC)CC1. The molecule has 20 heavy (non-hydrogen) atoms. The number of thioether (sulfide) groups is 1. The molecule has 2 fully saturated rings. The minimum atomic E-state index is 0.240. The molecule has 0 aromatic carbocycles. The monoisotopic (exact) mass is 310 g/mol. The van der Waals surface area contributed by atoms with Crippen LogP contribution in [0.3, 0.4) is 0 Å². The second-order valence-electron chi connectivity index (χ2n) is 6.05. The third kappa shape index (κ3) is 2.58. The minimum Gasteiger partial charge on any atom is -0.396 e. The van der Waals surface area contributed by atoms with Crippen LogP contribution >= 0.6 is 23.1 Å². The number of carbonyl (C=O) groups excluding carboxylic acids is 1. The van der Waals surface area contributed by atoms with Crippen LogP contribution in [-0.4, -0.2) is 18.6 Å². The summed E-state index contributed by atoms with van der Waals surface area (Å²) >= 11 is 3.20. The third-order valence-electron chi connectivity index (χ3n) is 4.61. The topological polar surface area (TPSA) is 55.1 Å². The fraction of sp³-hybridized carbons (Fsp3) is 0.667. The van der Waals surface area contributed by atoms with Crippen LogP contribution in [0.2, 0.25) is 0 Å². The lowest BCUT2D eigenvalue weighted by atomic mass is 10.0. The summed E-state index contributed by atoms with van der Waals surface area (Å²) < 4.78 is 0. The van der Waals surface area contributed by atoms with Gasteiger partial charge in [-0.05, 0) is 43.8 Å². The largest absolute Gasteiger partial charge is 0.396 e. The molecule has 0 unspecified atom stereocenters. The Morgan fingerprint density at radius 2 is 2.20 bits per heavy atom. The van der Waals surface area contributed by atoms with Gasteiger partial charge in [0, 0.05) is 12.5 Å². The summed E-state index contributed by atoms with van der Waals surface area (Å²) in [5, 5.41) is 4.65. The Kier molecular flexibility index (Phi) is 3.75. The van der Waals surface area contributed by atoms with Crippen LogP contribution in [0.15, 0.2) is 4.90 Å². The van der Waals surface area contributed by atoms with Gasteiger partial charge in [0.1, 0.15) is 5.00 Å². The fourth-order valence-corrected chi connectivity index (χ4v) is 4.61. The van der Waals surface area contributed by atoms with E-state index < -0.39 is 0 Å². The van der Waals surface area contributed by atoms with Gasteiger partial charge in [-0.15, -0.1) is 23.1 Å². The first-order chi connectivity index (χ1) is 9.60. The Hall–Kier alpha value is -0.680. The van der Waals surface area contributed by atoms with Crippen molar-refractivity contribution in [2.45, 2.75) is 43.9 Å². The first-order valence-corrected chi connectivity index (χ1v) is 9.38. The number of rotatable bonds is 7. The average Bonchev–Trinajstić information content (AvgIpc) is 3.35. The fourth-order valence-electron chi connectivity index (χ4n) is 2.56. The Morgan fingerprint density at radius 3 is 2.70 bits per heavy atom. The summed E-state index contributed by atoms with van der Waals surface area (Å²) in [6, 6.07) is 0. The number of nitrogen functional groups attached to an aromatic ring is 1. The van der Waals surface area contributed by atoms with Crippen LogP contribution in [0.1, 0.15) is 48.7 Å². The summed E-state index contributed by atoms with van der Waals surface area (Å²) in [6.07, 6.45) is 7.96. The predicted octanol–water partition coefficient (Wildman–Crippen LogP) is 4.25. The number of nitrogens with two attached hydrogens (primary N) is 1. The number of Topliss-reactive ketones (excluding diaryl/α,β-unsaturated/α-hetero) is 1. The molecule has 0 atom stereocenters. The van der Waals surface area contributed by atoms with Crippen LogP contribution in [0.5, 0.6) is 0 Å². The number of ketones is 1. The maximum atomic E-state index is 12.3. The third-order valence-corrected chi connectivity index (χ3v) is 6.75. The van der Waals surface area contributed by atoms with Crippen LogP contribution in [-0.2, 0) is 0 Å². The highest BCUT2D eigenvalue weighted by atomic mass is 32.2. The first kappa shape index (κ1) is 14.3. The lowest BCUT2D eigenvalue weighted by Gasteiger charge is -2.14. The first-order valence-electron chi connectivity index (χ1n) is 7.34.